The van der Waals surface area contributed by atoms with Crippen LogP contribution < -0.4 is 16.6 Å². The zero-order valence-electron chi connectivity index (χ0n) is 12.1. The summed E-state index contributed by atoms with van der Waals surface area (Å²) in [6.45, 7) is 2.20. The topological polar surface area (TPSA) is 83.8 Å². The second kappa shape index (κ2) is 5.97. The monoisotopic (exact) mass is 304 g/mol. The number of aromatic amines is 1. The van der Waals surface area contributed by atoms with Gasteiger partial charge in [-0.3, -0.25) is 4.79 Å². The summed E-state index contributed by atoms with van der Waals surface area (Å²) < 4.78 is 0. The van der Waals surface area contributed by atoms with Crippen LogP contribution in [0.25, 0.3) is 10.9 Å². The van der Waals surface area contributed by atoms with E-state index in [0.717, 1.165) is 17.4 Å². The van der Waals surface area contributed by atoms with Crippen molar-refractivity contribution in [1.82, 2.24) is 9.97 Å². The van der Waals surface area contributed by atoms with Crippen LogP contribution in [0, 0.1) is 0 Å². The third-order valence-electron chi connectivity index (χ3n) is 3.96. The molecule has 0 bridgehead atoms. The molecular weight excluding hydrogens is 284 g/mol. The molecule has 2 aromatic rings. The zero-order chi connectivity index (χ0) is 14.8. The first kappa shape index (κ1) is 14.3. The fraction of sp³-hybridized carbons (Fsp3) is 0.467. The van der Waals surface area contributed by atoms with E-state index in [1.807, 2.05) is 17.8 Å². The molecule has 1 fully saturated rings. The van der Waals surface area contributed by atoms with Gasteiger partial charge in [0.25, 0.3) is 5.56 Å². The third kappa shape index (κ3) is 3.00. The molecule has 112 valence electrons. The van der Waals surface area contributed by atoms with Gasteiger partial charge in [-0.05, 0) is 37.1 Å². The van der Waals surface area contributed by atoms with E-state index in [4.69, 9.17) is 5.73 Å². The van der Waals surface area contributed by atoms with E-state index in [-0.39, 0.29) is 5.56 Å². The van der Waals surface area contributed by atoms with Crippen molar-refractivity contribution in [3.63, 3.8) is 0 Å². The number of aromatic nitrogens is 2. The molecule has 1 heterocycles. The molecule has 5 nitrogen and oxygen atoms in total. The molecule has 6 heteroatoms. The first-order chi connectivity index (χ1) is 10.2. The second-order valence-corrected chi connectivity index (χ2v) is 7.00. The molecule has 1 aliphatic rings. The number of anilines is 2. The van der Waals surface area contributed by atoms with Gasteiger partial charge < -0.3 is 16.0 Å². The summed E-state index contributed by atoms with van der Waals surface area (Å²) in [6.07, 6.45) is 5.01. The molecule has 3 rings (SSSR count). The Balaban J connectivity index is 1.81. The fourth-order valence-electron chi connectivity index (χ4n) is 2.94. The number of nitrogens with two attached hydrogens (primary N) is 1. The van der Waals surface area contributed by atoms with Gasteiger partial charge in [-0.25, -0.2) is 4.98 Å². The van der Waals surface area contributed by atoms with Gasteiger partial charge >= 0.3 is 0 Å². The molecule has 0 aliphatic heterocycles. The van der Waals surface area contributed by atoms with Gasteiger partial charge in [0.05, 0.1) is 28.6 Å². The highest BCUT2D eigenvalue weighted by Crippen LogP contribution is 2.33. The summed E-state index contributed by atoms with van der Waals surface area (Å²) in [5.74, 6) is 1.17. The van der Waals surface area contributed by atoms with Crippen LogP contribution in [-0.4, -0.2) is 27.0 Å². The van der Waals surface area contributed by atoms with Crippen LogP contribution in [0.4, 0.5) is 11.4 Å². The Morgan fingerprint density at radius 2 is 2.33 bits per heavy atom. The van der Waals surface area contributed by atoms with Gasteiger partial charge in [-0.1, -0.05) is 6.92 Å². The minimum atomic E-state index is -0.154. The summed E-state index contributed by atoms with van der Waals surface area (Å²) in [7, 11) is 0. The van der Waals surface area contributed by atoms with Crippen molar-refractivity contribution in [1.29, 1.82) is 0 Å². The van der Waals surface area contributed by atoms with Crippen molar-refractivity contribution in [2.75, 3.05) is 16.8 Å². The molecule has 1 saturated carbocycles. The minimum Gasteiger partial charge on any atom is -0.397 e. The number of hydrogen-bond acceptors (Lipinski definition) is 5. The third-order valence-corrected chi connectivity index (χ3v) is 5.19. The van der Waals surface area contributed by atoms with E-state index in [1.54, 1.807) is 6.07 Å². The Kier molecular flexibility index (Phi) is 4.05. The predicted molar refractivity (Wildman–Crippen MR) is 90.0 cm³/mol. The second-order valence-electron chi connectivity index (χ2n) is 5.42. The van der Waals surface area contributed by atoms with Crippen molar-refractivity contribution < 1.29 is 0 Å². The highest BCUT2D eigenvalue weighted by molar-refractivity contribution is 7.99. The molecule has 1 aromatic carbocycles. The Morgan fingerprint density at radius 3 is 3.14 bits per heavy atom. The average molecular weight is 304 g/mol. The number of nitrogen functional groups attached to an aromatic ring is 1. The van der Waals surface area contributed by atoms with Crippen molar-refractivity contribution in [2.45, 2.75) is 37.5 Å². The van der Waals surface area contributed by atoms with Crippen LogP contribution in [0.15, 0.2) is 23.3 Å². The smallest absolute Gasteiger partial charge is 0.258 e. The SMILES string of the molecule is CCSC1CCC(Nc2cc3nc[nH]c(=O)c3cc2N)C1. The average Bonchev–Trinajstić information content (AvgIpc) is 2.89. The van der Waals surface area contributed by atoms with Crippen LogP contribution in [0.1, 0.15) is 26.2 Å². The number of rotatable bonds is 4. The van der Waals surface area contributed by atoms with Gasteiger partial charge in [0, 0.05) is 11.3 Å². The fourth-order valence-corrected chi connectivity index (χ4v) is 4.08. The number of thioether (sulfide) groups is 1. The van der Waals surface area contributed by atoms with Crippen molar-refractivity contribution in [3.05, 3.63) is 28.8 Å². The van der Waals surface area contributed by atoms with Crippen LogP contribution in [-0.2, 0) is 0 Å². The lowest BCUT2D eigenvalue weighted by atomic mass is 10.1. The number of hydrogen-bond donors (Lipinski definition) is 3. The van der Waals surface area contributed by atoms with Gasteiger partial charge in [0.15, 0.2) is 0 Å². The summed E-state index contributed by atoms with van der Waals surface area (Å²) in [5.41, 5.74) is 8.09. The van der Waals surface area contributed by atoms with Gasteiger partial charge in [-0.2, -0.15) is 11.8 Å². The molecule has 2 atom stereocenters. The van der Waals surface area contributed by atoms with E-state index < -0.39 is 0 Å². The lowest BCUT2D eigenvalue weighted by molar-refractivity contribution is 0.757. The van der Waals surface area contributed by atoms with E-state index in [0.29, 0.717) is 22.6 Å². The Labute approximate surface area is 127 Å². The van der Waals surface area contributed by atoms with Crippen LogP contribution >= 0.6 is 11.8 Å². The Morgan fingerprint density at radius 1 is 1.48 bits per heavy atom. The van der Waals surface area contributed by atoms with E-state index in [1.165, 1.54) is 24.9 Å². The quantitative estimate of drug-likeness (QED) is 0.756. The predicted octanol–water partition coefficient (Wildman–Crippen LogP) is 2.59. The number of nitrogens with one attached hydrogen (secondary N) is 2. The number of nitrogens with zero attached hydrogens (tertiary/aromatic N) is 1. The molecule has 0 spiro atoms. The van der Waals surface area contributed by atoms with E-state index in [9.17, 15) is 4.79 Å². The van der Waals surface area contributed by atoms with Crippen molar-refractivity contribution in [3.8, 4) is 0 Å². The normalized spacial score (nSPS) is 21.8. The maximum atomic E-state index is 11.7. The highest BCUT2D eigenvalue weighted by Gasteiger charge is 2.24. The number of H-pyrrole nitrogens is 1. The minimum absolute atomic E-state index is 0.154. The number of benzene rings is 1. The molecule has 1 aliphatic carbocycles. The molecule has 4 N–H and O–H groups in total. The van der Waals surface area contributed by atoms with Crippen LogP contribution in [0.5, 0.6) is 0 Å². The Hall–Kier alpha value is -1.69. The summed E-state index contributed by atoms with van der Waals surface area (Å²) in [5, 5.41) is 4.80. The van der Waals surface area contributed by atoms with Crippen molar-refractivity contribution in [2.24, 2.45) is 0 Å². The Bertz CT molecular complexity index is 700. The maximum Gasteiger partial charge on any atom is 0.258 e. The maximum absolute atomic E-state index is 11.7. The number of fused-ring (bicyclic) bond motifs is 1. The summed E-state index contributed by atoms with van der Waals surface area (Å²) in [6, 6.07) is 4.03. The lowest BCUT2D eigenvalue weighted by Gasteiger charge is -2.16. The van der Waals surface area contributed by atoms with Crippen molar-refractivity contribution >= 4 is 34.0 Å². The molecule has 0 saturated heterocycles. The van der Waals surface area contributed by atoms with Gasteiger partial charge in [0.2, 0.25) is 0 Å². The van der Waals surface area contributed by atoms with E-state index in [2.05, 4.69) is 22.2 Å². The first-order valence-electron chi connectivity index (χ1n) is 7.32. The molecule has 0 radical (unpaired) electrons. The van der Waals surface area contributed by atoms with E-state index >= 15 is 0 Å². The molecule has 21 heavy (non-hydrogen) atoms. The van der Waals surface area contributed by atoms with Crippen LogP contribution in [0.2, 0.25) is 0 Å². The summed E-state index contributed by atoms with van der Waals surface area (Å²) >= 11 is 2.03. The highest BCUT2D eigenvalue weighted by atomic mass is 32.2. The van der Waals surface area contributed by atoms with Gasteiger partial charge in [-0.15, -0.1) is 0 Å². The van der Waals surface area contributed by atoms with Crippen LogP contribution in [0.3, 0.4) is 0 Å². The molecule has 0 amide bonds. The van der Waals surface area contributed by atoms with Gasteiger partial charge in [0.1, 0.15) is 0 Å². The zero-order valence-corrected chi connectivity index (χ0v) is 12.9. The lowest BCUT2D eigenvalue weighted by Crippen LogP contribution is -2.17. The molecule has 1 aromatic heterocycles. The first-order valence-corrected chi connectivity index (χ1v) is 8.37. The summed E-state index contributed by atoms with van der Waals surface area (Å²) in [4.78, 5) is 18.5. The molecule has 2 unspecified atom stereocenters. The molecular formula is C15H20N4OS. The largest absolute Gasteiger partial charge is 0.397 e. The standard InChI is InChI=1S/C15H20N4OS/c1-2-21-10-4-3-9(5-10)19-14-7-13-11(6-12(14)16)15(20)18-8-17-13/h6-10,19H,2-5,16H2,1H3,(H,17,18,20).